The second-order valence-electron chi connectivity index (χ2n) is 9.33. The predicted octanol–water partition coefficient (Wildman–Crippen LogP) is 2.57. The van der Waals surface area contributed by atoms with Gasteiger partial charge in [0.25, 0.3) is 0 Å². The van der Waals surface area contributed by atoms with Gasteiger partial charge in [-0.2, -0.15) is 0 Å². The zero-order chi connectivity index (χ0) is 25.0. The number of hydrogen-bond donors (Lipinski definition) is 1. The molecule has 1 N–H and O–H groups in total. The van der Waals surface area contributed by atoms with E-state index in [-0.39, 0.29) is 52.4 Å². The molecule has 1 aliphatic rings. The van der Waals surface area contributed by atoms with Crippen LogP contribution in [0.4, 0.5) is 0 Å². The Morgan fingerprint density at radius 3 is 1.50 bits per heavy atom. The minimum Gasteiger partial charge on any atom is -1.00 e. The summed E-state index contributed by atoms with van der Waals surface area (Å²) in [4.78, 5) is 0. The fourth-order valence-corrected chi connectivity index (χ4v) is 5.26. The predicted molar refractivity (Wildman–Crippen MR) is 153 cm³/mol. The molecule has 40 heavy (non-hydrogen) atoms. The third-order valence-corrected chi connectivity index (χ3v) is 7.06. The summed E-state index contributed by atoms with van der Waals surface area (Å²) >= 11 is 0. The molecule has 195 valence electrons. The third kappa shape index (κ3) is 6.42. The number of halogens is 2. The first-order valence-corrected chi connectivity index (χ1v) is 12.7. The van der Waals surface area contributed by atoms with Crippen molar-refractivity contribution in [3.63, 3.8) is 0 Å². The van der Waals surface area contributed by atoms with E-state index in [2.05, 4.69) is 91.0 Å². The molecule has 0 saturated heterocycles. The quantitative estimate of drug-likeness (QED) is 0.247. The second-order valence-corrected chi connectivity index (χ2v) is 9.33. The molecule has 0 heterocycles. The van der Waals surface area contributed by atoms with E-state index in [0.717, 1.165) is 11.1 Å². The van der Waals surface area contributed by atoms with Crippen LogP contribution in [0, 0.1) is 6.07 Å². The van der Waals surface area contributed by atoms with Crippen molar-refractivity contribution in [2.24, 2.45) is 0 Å². The number of hydrogen-bond acceptors (Lipinski definition) is 1. The van der Waals surface area contributed by atoms with E-state index in [9.17, 15) is 5.11 Å². The molecule has 0 atom stereocenters. The Balaban J connectivity index is 0.000000227. The van der Waals surface area contributed by atoms with Gasteiger partial charge in [0.05, 0.1) is 0 Å². The second kappa shape index (κ2) is 14.5. The summed E-state index contributed by atoms with van der Waals surface area (Å²) in [6, 6.07) is 53.4. The smallest absolute Gasteiger partial charge is 1.00 e. The van der Waals surface area contributed by atoms with Crippen molar-refractivity contribution in [1.82, 2.24) is 0 Å². The number of benzene rings is 6. The van der Waals surface area contributed by atoms with Crippen LogP contribution in [-0.2, 0) is 21.7 Å². The van der Waals surface area contributed by atoms with Crippen LogP contribution in [0.1, 0.15) is 39.8 Å². The Morgan fingerprint density at radius 2 is 0.950 bits per heavy atom. The average Bonchev–Trinajstić information content (AvgIpc) is 3.32. The fourth-order valence-electron chi connectivity index (χ4n) is 5.26. The Bertz CT molecular complexity index is 1570. The van der Waals surface area contributed by atoms with E-state index < -0.39 is 6.10 Å². The SMILES string of the molecule is OC(c1ccccc1)c1ccccc1.[Cl-].[Cl-].[Ti+3].[c-]1c(C2c3ccccc3-c3ccccc32)ccc2ccccc12. The molecule has 0 spiro atoms. The number of aliphatic hydroxyl groups excluding tert-OH is 1. The van der Waals surface area contributed by atoms with Crippen LogP contribution in [0.5, 0.6) is 0 Å². The molecule has 0 aromatic heterocycles. The molecule has 7 rings (SSSR count). The normalized spacial score (nSPS) is 11.2. The minimum atomic E-state index is -0.516. The largest absolute Gasteiger partial charge is 3.00 e. The zero-order valence-corrected chi connectivity index (χ0v) is 24.8. The summed E-state index contributed by atoms with van der Waals surface area (Å²) in [7, 11) is 0. The van der Waals surface area contributed by atoms with Gasteiger partial charge >= 0.3 is 21.7 Å². The van der Waals surface area contributed by atoms with Crippen LogP contribution in [0.2, 0.25) is 0 Å². The van der Waals surface area contributed by atoms with Crippen molar-refractivity contribution in [2.45, 2.75) is 12.0 Å². The molecule has 1 aliphatic carbocycles. The van der Waals surface area contributed by atoms with Gasteiger partial charge < -0.3 is 29.9 Å². The molecule has 0 bridgehead atoms. The summed E-state index contributed by atoms with van der Waals surface area (Å²) in [5.74, 6) is 0.284. The first-order chi connectivity index (χ1) is 18.3. The van der Waals surface area contributed by atoms with Crippen molar-refractivity contribution in [3.8, 4) is 11.1 Å². The van der Waals surface area contributed by atoms with Crippen molar-refractivity contribution >= 4 is 10.8 Å². The number of fused-ring (bicyclic) bond motifs is 4. The van der Waals surface area contributed by atoms with E-state index >= 15 is 0 Å². The van der Waals surface area contributed by atoms with E-state index in [1.165, 1.54) is 38.6 Å². The summed E-state index contributed by atoms with van der Waals surface area (Å²) < 4.78 is 0. The molecular formula is C36H27Cl2OTi. The molecule has 0 aliphatic heterocycles. The van der Waals surface area contributed by atoms with Gasteiger partial charge in [-0.05, 0) is 33.4 Å². The van der Waals surface area contributed by atoms with Gasteiger partial charge in [0, 0.05) is 5.92 Å². The molecule has 0 amide bonds. The summed E-state index contributed by atoms with van der Waals surface area (Å²) in [5, 5.41) is 12.4. The Hall–Kier alpha value is -3.17. The fraction of sp³-hybridized carbons (Fsp3) is 0.0556. The molecule has 0 fully saturated rings. The molecule has 4 heteroatoms. The maximum Gasteiger partial charge on any atom is 3.00 e. The van der Waals surface area contributed by atoms with E-state index in [1.54, 1.807) is 0 Å². The van der Waals surface area contributed by atoms with Gasteiger partial charge in [0.2, 0.25) is 0 Å². The van der Waals surface area contributed by atoms with Crippen molar-refractivity contribution in [3.05, 3.63) is 179 Å². The van der Waals surface area contributed by atoms with Crippen LogP contribution >= 0.6 is 0 Å². The monoisotopic (exact) mass is 593 g/mol. The van der Waals surface area contributed by atoms with Crippen LogP contribution in [0.25, 0.3) is 21.9 Å². The first-order valence-electron chi connectivity index (χ1n) is 12.7. The molecule has 1 radical (unpaired) electrons. The average molecular weight is 594 g/mol. The van der Waals surface area contributed by atoms with Gasteiger partial charge in [-0.25, -0.2) is 0 Å². The van der Waals surface area contributed by atoms with E-state index in [4.69, 9.17) is 0 Å². The van der Waals surface area contributed by atoms with Gasteiger partial charge in [0.15, 0.2) is 0 Å². The molecule has 1 nitrogen and oxygen atoms in total. The maximum absolute atomic E-state index is 9.99. The first kappa shape index (κ1) is 31.4. The van der Waals surface area contributed by atoms with Crippen molar-refractivity contribution in [1.29, 1.82) is 0 Å². The number of aliphatic hydroxyl groups is 1. The van der Waals surface area contributed by atoms with Crippen LogP contribution < -0.4 is 24.8 Å². The standard InChI is InChI=1S/C23H15.C13H12O.2ClH.Ti/c1-2-8-17-15-18(14-13-16(17)7-1)23-21-11-5-3-9-19(21)20-10-4-6-12-22(20)23;14-13(11-7-3-1-4-8-11)12-9-5-2-6-10-12;;;/h1-14,23H;1-10,13-14H;2*1H;/q-1;;;;+3/p-2. The molecule has 6 aromatic rings. The molecular weight excluding hydrogens is 567 g/mol. The van der Waals surface area contributed by atoms with Gasteiger partial charge in [-0.1, -0.05) is 121 Å². The van der Waals surface area contributed by atoms with Gasteiger partial charge in [-0.3, -0.25) is 0 Å². The van der Waals surface area contributed by atoms with Gasteiger partial charge in [-0.15, -0.1) is 46.7 Å². The summed E-state index contributed by atoms with van der Waals surface area (Å²) in [6.07, 6.45) is -0.516. The molecule has 0 saturated carbocycles. The maximum atomic E-state index is 9.99. The van der Waals surface area contributed by atoms with Crippen LogP contribution in [0.3, 0.4) is 0 Å². The van der Waals surface area contributed by atoms with Crippen LogP contribution in [-0.4, -0.2) is 5.11 Å². The van der Waals surface area contributed by atoms with Crippen molar-refractivity contribution < 1.29 is 51.6 Å². The Kier molecular flexibility index (Phi) is 11.3. The number of rotatable bonds is 3. The third-order valence-electron chi connectivity index (χ3n) is 7.06. The van der Waals surface area contributed by atoms with E-state index in [0.29, 0.717) is 0 Å². The Morgan fingerprint density at radius 1 is 0.500 bits per heavy atom. The summed E-state index contributed by atoms with van der Waals surface area (Å²) in [6.45, 7) is 0. The summed E-state index contributed by atoms with van der Waals surface area (Å²) in [5.41, 5.74) is 8.60. The van der Waals surface area contributed by atoms with Gasteiger partial charge in [0.1, 0.15) is 6.10 Å². The Labute approximate surface area is 263 Å². The topological polar surface area (TPSA) is 20.2 Å². The van der Waals surface area contributed by atoms with Crippen molar-refractivity contribution in [2.75, 3.05) is 0 Å². The zero-order valence-electron chi connectivity index (χ0n) is 21.7. The van der Waals surface area contributed by atoms with Crippen LogP contribution in [0.15, 0.2) is 146 Å². The molecule has 0 unspecified atom stereocenters. The minimum absolute atomic E-state index is 0. The van der Waals surface area contributed by atoms with E-state index in [1.807, 2.05) is 60.7 Å². The molecule has 6 aromatic carbocycles.